The minimum absolute atomic E-state index is 0.0942. The van der Waals surface area contributed by atoms with Crippen molar-refractivity contribution in [3.8, 4) is 0 Å². The molecule has 0 radical (unpaired) electrons. The van der Waals surface area contributed by atoms with Gasteiger partial charge in [-0.05, 0) is 23.6 Å². The number of urea groups is 1. The molecule has 1 saturated carbocycles. The van der Waals surface area contributed by atoms with Crippen LogP contribution in [0.1, 0.15) is 24.8 Å². The molecular weight excluding hydrogens is 426 g/mol. The molecule has 3 aliphatic rings. The van der Waals surface area contributed by atoms with E-state index in [4.69, 9.17) is 5.73 Å². The second-order valence-corrected chi connectivity index (χ2v) is 7.88. The maximum atomic E-state index is 14.6. The Morgan fingerprint density at radius 2 is 1.94 bits per heavy atom. The first-order chi connectivity index (χ1) is 15.2. The molecular formula is C19H22F2N8O3. The highest BCUT2D eigenvalue weighted by Gasteiger charge is 2.60. The summed E-state index contributed by atoms with van der Waals surface area (Å²) in [5, 5.41) is 16.2. The smallest absolute Gasteiger partial charge is 0.312 e. The van der Waals surface area contributed by atoms with Crippen LogP contribution in [0.5, 0.6) is 0 Å². The molecule has 1 aromatic heterocycles. The van der Waals surface area contributed by atoms with Gasteiger partial charge in [-0.1, -0.05) is 35.4 Å². The monoisotopic (exact) mass is 448 g/mol. The van der Waals surface area contributed by atoms with Crippen molar-refractivity contribution < 1.29 is 23.2 Å². The van der Waals surface area contributed by atoms with Crippen molar-refractivity contribution in [2.45, 2.75) is 43.8 Å². The van der Waals surface area contributed by atoms with E-state index >= 15 is 0 Å². The van der Waals surface area contributed by atoms with Gasteiger partial charge in [0.05, 0.1) is 19.0 Å². The first kappa shape index (κ1) is 21.6. The number of alkyl halides is 2. The maximum Gasteiger partial charge on any atom is 0.312 e. The fraction of sp³-hybridized carbons (Fsp3) is 0.474. The van der Waals surface area contributed by atoms with Crippen LogP contribution >= 0.6 is 0 Å². The molecule has 0 spiro atoms. The molecule has 2 aliphatic heterocycles. The van der Waals surface area contributed by atoms with Gasteiger partial charge in [-0.15, -0.1) is 5.10 Å². The Bertz CT molecular complexity index is 1020. The summed E-state index contributed by atoms with van der Waals surface area (Å²) in [7, 11) is 0. The van der Waals surface area contributed by atoms with Crippen molar-refractivity contribution in [2.24, 2.45) is 11.7 Å². The molecule has 32 heavy (non-hydrogen) atoms. The Hall–Kier alpha value is -3.64. The number of tetrazole rings is 1. The highest BCUT2D eigenvalue weighted by atomic mass is 19.3. The zero-order valence-electron chi connectivity index (χ0n) is 16.9. The standard InChI is InChI=1S/C19H22F2N8O3/c20-19(21)8-12-6-7-13(19)15(29(12)14(30)9-23-17(22)32)16(31)24-18-25-27-28(26-18)10-11-4-2-1-3-5-11/h1-5,12-13,15H,6-10H2,(H3,22,23,32)(H,24,26,31)/t12?,13?,15-/m0/s1. The number of hydrogen-bond donors (Lipinski definition) is 3. The lowest BCUT2D eigenvalue weighted by molar-refractivity contribution is -0.191. The summed E-state index contributed by atoms with van der Waals surface area (Å²) in [5.41, 5.74) is 5.91. The van der Waals surface area contributed by atoms with E-state index in [1.807, 2.05) is 30.3 Å². The molecule has 1 aromatic carbocycles. The molecule has 4 N–H and O–H groups in total. The third-order valence-corrected chi connectivity index (χ3v) is 5.76. The zero-order chi connectivity index (χ0) is 22.9. The van der Waals surface area contributed by atoms with Crippen LogP contribution in [0.3, 0.4) is 0 Å². The fourth-order valence-corrected chi connectivity index (χ4v) is 4.41. The summed E-state index contributed by atoms with van der Waals surface area (Å²) < 4.78 is 29.2. The topological polar surface area (TPSA) is 148 Å². The number of nitrogens with zero attached hydrogens (tertiary/aromatic N) is 5. The number of anilines is 1. The number of piperidine rings is 2. The van der Waals surface area contributed by atoms with Crippen LogP contribution in [0.15, 0.2) is 30.3 Å². The number of carbonyl (C=O) groups excluding carboxylic acids is 3. The molecule has 5 rings (SSSR count). The predicted octanol–water partition coefficient (Wildman–Crippen LogP) is 0.343. The highest BCUT2D eigenvalue weighted by Crippen LogP contribution is 2.49. The van der Waals surface area contributed by atoms with E-state index in [1.54, 1.807) is 0 Å². The second-order valence-electron chi connectivity index (χ2n) is 7.88. The van der Waals surface area contributed by atoms with Gasteiger partial charge in [0.2, 0.25) is 11.8 Å². The van der Waals surface area contributed by atoms with Gasteiger partial charge in [-0.3, -0.25) is 14.9 Å². The number of nitrogens with two attached hydrogens (primary N) is 1. The van der Waals surface area contributed by atoms with Gasteiger partial charge in [-0.2, -0.15) is 4.80 Å². The molecule has 2 unspecified atom stereocenters. The van der Waals surface area contributed by atoms with Gasteiger partial charge in [0, 0.05) is 12.5 Å². The van der Waals surface area contributed by atoms with E-state index in [0.717, 1.165) is 10.5 Å². The minimum atomic E-state index is -3.10. The van der Waals surface area contributed by atoms with E-state index in [2.05, 4.69) is 26.0 Å². The summed E-state index contributed by atoms with van der Waals surface area (Å²) in [6.45, 7) is -0.182. The third kappa shape index (κ3) is 4.36. The zero-order valence-corrected chi connectivity index (χ0v) is 16.9. The molecule has 2 saturated heterocycles. The average Bonchev–Trinajstić information content (AvgIpc) is 3.18. The Kier molecular flexibility index (Phi) is 5.72. The minimum Gasteiger partial charge on any atom is -0.352 e. The van der Waals surface area contributed by atoms with E-state index < -0.39 is 54.7 Å². The Morgan fingerprint density at radius 1 is 1.19 bits per heavy atom. The largest absolute Gasteiger partial charge is 0.352 e. The number of fused-ring (bicyclic) bond motifs is 3. The quantitative estimate of drug-likeness (QED) is 0.581. The van der Waals surface area contributed by atoms with Crippen LogP contribution in [0, 0.1) is 5.92 Å². The SMILES string of the molecule is NC(=O)NCC(=O)N1C2CCC([C@H]1C(=O)Nc1nnn(Cc3ccccc3)n1)C(F)(F)C2. The summed E-state index contributed by atoms with van der Waals surface area (Å²) in [5.74, 6) is -6.10. The summed E-state index contributed by atoms with van der Waals surface area (Å²) in [4.78, 5) is 39.0. The molecule has 11 nitrogen and oxygen atoms in total. The number of hydrogen-bond acceptors (Lipinski definition) is 6. The first-order valence-corrected chi connectivity index (χ1v) is 10.1. The number of primary amides is 1. The normalized spacial score (nSPS) is 23.6. The Morgan fingerprint density at radius 3 is 2.62 bits per heavy atom. The van der Waals surface area contributed by atoms with Crippen molar-refractivity contribution in [1.29, 1.82) is 0 Å². The van der Waals surface area contributed by atoms with Crippen molar-refractivity contribution in [3.63, 3.8) is 0 Å². The number of benzene rings is 1. The van der Waals surface area contributed by atoms with Crippen molar-refractivity contribution in [3.05, 3.63) is 35.9 Å². The molecule has 3 fully saturated rings. The number of carbonyl (C=O) groups is 3. The number of halogens is 2. The van der Waals surface area contributed by atoms with E-state index in [1.165, 1.54) is 4.80 Å². The third-order valence-electron chi connectivity index (χ3n) is 5.76. The predicted molar refractivity (Wildman–Crippen MR) is 106 cm³/mol. The van der Waals surface area contributed by atoms with Crippen molar-refractivity contribution in [2.75, 3.05) is 11.9 Å². The summed E-state index contributed by atoms with van der Waals surface area (Å²) in [6.07, 6.45) is -0.0932. The fourth-order valence-electron chi connectivity index (χ4n) is 4.41. The van der Waals surface area contributed by atoms with Crippen LogP contribution in [-0.2, 0) is 16.1 Å². The lowest BCUT2D eigenvalue weighted by Crippen LogP contribution is -2.68. The average molecular weight is 448 g/mol. The maximum absolute atomic E-state index is 14.6. The van der Waals surface area contributed by atoms with Gasteiger partial charge < -0.3 is 16.0 Å². The lowest BCUT2D eigenvalue weighted by atomic mass is 9.71. The van der Waals surface area contributed by atoms with Crippen LogP contribution in [-0.4, -0.2) is 67.5 Å². The van der Waals surface area contributed by atoms with Crippen LogP contribution in [0.25, 0.3) is 0 Å². The molecule has 2 bridgehead atoms. The summed E-state index contributed by atoms with van der Waals surface area (Å²) >= 11 is 0. The van der Waals surface area contributed by atoms with Gasteiger partial charge >= 0.3 is 6.03 Å². The summed E-state index contributed by atoms with van der Waals surface area (Å²) in [6, 6.07) is 6.13. The second kappa shape index (κ2) is 8.48. The van der Waals surface area contributed by atoms with Crippen LogP contribution in [0.4, 0.5) is 19.5 Å². The number of rotatable bonds is 6. The number of aromatic nitrogens is 4. The van der Waals surface area contributed by atoms with Crippen LogP contribution in [0.2, 0.25) is 0 Å². The Labute approximate surface area is 181 Å². The highest BCUT2D eigenvalue weighted by molar-refractivity contribution is 5.97. The Balaban J connectivity index is 1.50. The molecule has 3 atom stereocenters. The molecule has 3 heterocycles. The number of amides is 4. The molecule has 2 aromatic rings. The van der Waals surface area contributed by atoms with E-state index in [-0.39, 0.29) is 12.4 Å². The van der Waals surface area contributed by atoms with Crippen molar-refractivity contribution in [1.82, 2.24) is 30.4 Å². The molecule has 170 valence electrons. The van der Waals surface area contributed by atoms with Gasteiger partial charge in [0.1, 0.15) is 6.04 Å². The molecule has 1 aliphatic carbocycles. The van der Waals surface area contributed by atoms with E-state index in [0.29, 0.717) is 13.0 Å². The van der Waals surface area contributed by atoms with Gasteiger partial charge in [-0.25, -0.2) is 13.6 Å². The van der Waals surface area contributed by atoms with Crippen LogP contribution < -0.4 is 16.4 Å². The lowest BCUT2D eigenvalue weighted by Gasteiger charge is -2.53. The van der Waals surface area contributed by atoms with Crippen molar-refractivity contribution >= 4 is 23.8 Å². The molecule has 13 heteroatoms. The van der Waals surface area contributed by atoms with E-state index in [9.17, 15) is 23.2 Å². The van der Waals surface area contributed by atoms with Gasteiger partial charge in [0.15, 0.2) is 0 Å². The number of nitrogens with one attached hydrogen (secondary N) is 2. The molecule has 4 amide bonds. The first-order valence-electron chi connectivity index (χ1n) is 10.1. The van der Waals surface area contributed by atoms with Gasteiger partial charge in [0.25, 0.3) is 11.9 Å².